The molecule has 9 heteroatoms. The lowest BCUT2D eigenvalue weighted by Crippen LogP contribution is -2.57. The predicted octanol–water partition coefficient (Wildman–Crippen LogP) is 0.0250. The van der Waals surface area contributed by atoms with Crippen LogP contribution in [-0.2, 0) is 0 Å². The van der Waals surface area contributed by atoms with Crippen molar-refractivity contribution in [2.24, 2.45) is 20.9 Å². The van der Waals surface area contributed by atoms with E-state index in [1.165, 1.54) is 12.4 Å². The highest BCUT2D eigenvalue weighted by molar-refractivity contribution is 6.30. The van der Waals surface area contributed by atoms with Crippen LogP contribution in [0.5, 0.6) is 0 Å². The quantitative estimate of drug-likeness (QED) is 0.370. The van der Waals surface area contributed by atoms with Crippen molar-refractivity contribution in [1.29, 1.82) is 0 Å². The summed E-state index contributed by atoms with van der Waals surface area (Å²) in [5.74, 6) is 3.86. The number of nitrogens with two attached hydrogens (primary N) is 1. The van der Waals surface area contributed by atoms with Crippen molar-refractivity contribution in [2.45, 2.75) is 6.18 Å². The standard InChI is InChI=1S/C6H6F3N6/c7-6(8,9)5-12-4-3-11-1-2-15(4,13-5)14-10/h1-3,14H,10H2/q+1. The summed E-state index contributed by atoms with van der Waals surface area (Å²) in [7, 11) is 0. The summed E-state index contributed by atoms with van der Waals surface area (Å²) < 4.78 is 36.2. The third kappa shape index (κ3) is 1.46. The molecule has 0 saturated heterocycles. The van der Waals surface area contributed by atoms with Crippen molar-refractivity contribution in [1.82, 2.24) is 5.53 Å². The number of halogens is 3. The van der Waals surface area contributed by atoms with Crippen LogP contribution in [-0.4, -0.2) is 28.8 Å². The maximum absolute atomic E-state index is 12.3. The number of fused-ring (bicyclic) bond motifs is 1. The molecule has 0 saturated carbocycles. The van der Waals surface area contributed by atoms with Gasteiger partial charge < -0.3 is 0 Å². The van der Waals surface area contributed by atoms with E-state index in [-0.39, 0.29) is 5.84 Å². The van der Waals surface area contributed by atoms with E-state index in [2.05, 4.69) is 20.6 Å². The second kappa shape index (κ2) is 2.95. The number of quaternary nitrogens is 1. The van der Waals surface area contributed by atoms with Gasteiger partial charge in [0.2, 0.25) is 0 Å². The molecule has 2 aliphatic rings. The van der Waals surface area contributed by atoms with Gasteiger partial charge in [-0.2, -0.15) is 18.2 Å². The fourth-order valence-corrected chi connectivity index (χ4v) is 1.14. The molecule has 0 spiro atoms. The lowest BCUT2D eigenvalue weighted by molar-refractivity contribution is -0.841. The van der Waals surface area contributed by atoms with Crippen LogP contribution in [0.2, 0.25) is 0 Å². The first-order valence-corrected chi connectivity index (χ1v) is 3.82. The number of rotatable bonds is 1. The summed E-state index contributed by atoms with van der Waals surface area (Å²) in [6.07, 6.45) is -0.921. The summed E-state index contributed by atoms with van der Waals surface area (Å²) in [6, 6.07) is 0. The third-order valence-corrected chi connectivity index (χ3v) is 1.83. The Labute approximate surface area is 81.8 Å². The molecule has 0 radical (unpaired) electrons. The second-order valence-electron chi connectivity index (χ2n) is 2.78. The van der Waals surface area contributed by atoms with Crippen molar-refractivity contribution < 1.29 is 17.9 Å². The lowest BCUT2D eigenvalue weighted by Gasteiger charge is -2.20. The molecule has 1 atom stereocenters. The number of hydrogen-bond donors (Lipinski definition) is 2. The molecule has 2 heterocycles. The summed E-state index contributed by atoms with van der Waals surface area (Å²) in [5.41, 5.74) is 2.12. The molecule has 0 aromatic heterocycles. The Bertz CT molecular complexity index is 406. The maximum Gasteiger partial charge on any atom is 0.457 e. The summed E-state index contributed by atoms with van der Waals surface area (Å²) in [4.78, 5) is 6.94. The van der Waals surface area contributed by atoms with Crippen LogP contribution >= 0.6 is 0 Å². The normalized spacial score (nSPS) is 28.8. The lowest BCUT2D eigenvalue weighted by atomic mass is 10.5. The Hall–Kier alpha value is -1.58. The third-order valence-electron chi connectivity index (χ3n) is 1.83. The zero-order chi connectivity index (χ0) is 11.1. The van der Waals surface area contributed by atoms with Gasteiger partial charge in [0, 0.05) is 0 Å². The maximum atomic E-state index is 12.3. The molecule has 0 fully saturated rings. The van der Waals surface area contributed by atoms with E-state index in [1.807, 2.05) is 0 Å². The molecule has 15 heavy (non-hydrogen) atoms. The van der Waals surface area contributed by atoms with Crippen molar-refractivity contribution in [3.05, 3.63) is 12.4 Å². The highest BCUT2D eigenvalue weighted by Crippen LogP contribution is 2.26. The van der Waals surface area contributed by atoms with Crippen molar-refractivity contribution in [3.8, 4) is 0 Å². The SMILES string of the molecule is NN[N+]12C=CN=CC1=NC(C(F)(F)F)=N2. The van der Waals surface area contributed by atoms with Gasteiger partial charge in [0.15, 0.2) is 6.20 Å². The van der Waals surface area contributed by atoms with Gasteiger partial charge >= 0.3 is 12.0 Å². The van der Waals surface area contributed by atoms with E-state index in [9.17, 15) is 13.2 Å². The molecule has 1 unspecified atom stereocenters. The minimum absolute atomic E-state index is 0.0349. The largest absolute Gasteiger partial charge is 0.457 e. The van der Waals surface area contributed by atoms with Crippen LogP contribution in [0.3, 0.4) is 0 Å². The molecule has 0 aromatic rings. The summed E-state index contributed by atoms with van der Waals surface area (Å²) in [5, 5.41) is 3.34. The molecule has 0 bridgehead atoms. The van der Waals surface area contributed by atoms with Gasteiger partial charge in [-0.15, -0.1) is 0 Å². The summed E-state index contributed by atoms with van der Waals surface area (Å²) in [6.45, 7) is 0. The van der Waals surface area contributed by atoms with Crippen LogP contribution in [0.1, 0.15) is 0 Å². The van der Waals surface area contributed by atoms with Gasteiger partial charge in [-0.3, -0.25) is 4.99 Å². The molecule has 80 valence electrons. The molecular formula is C6H6F3N6+. The van der Waals surface area contributed by atoms with Gasteiger partial charge in [-0.05, 0) is 9.80 Å². The fraction of sp³-hybridized carbons (Fsp3) is 0.167. The Balaban J connectivity index is 2.47. The molecule has 6 nitrogen and oxygen atoms in total. The molecule has 2 aliphatic heterocycles. The Kier molecular flexibility index (Phi) is 1.96. The van der Waals surface area contributed by atoms with Crippen molar-refractivity contribution in [2.75, 3.05) is 0 Å². The number of aliphatic imine (C=N–C) groups is 2. The van der Waals surface area contributed by atoms with Crippen LogP contribution in [0.15, 0.2) is 27.5 Å². The van der Waals surface area contributed by atoms with E-state index in [0.717, 1.165) is 6.21 Å². The van der Waals surface area contributed by atoms with Gasteiger partial charge in [0.25, 0.3) is 5.84 Å². The molecule has 0 aromatic carbocycles. The highest BCUT2D eigenvalue weighted by atomic mass is 19.4. The molecule has 3 N–H and O–H groups in total. The topological polar surface area (TPSA) is 75.1 Å². The molecular weight excluding hydrogens is 213 g/mol. The van der Waals surface area contributed by atoms with Crippen LogP contribution in [0, 0.1) is 0 Å². The average Bonchev–Trinajstić information content (AvgIpc) is 2.57. The van der Waals surface area contributed by atoms with E-state index in [4.69, 9.17) is 5.84 Å². The minimum Gasteiger partial charge on any atom is -0.251 e. The molecule has 0 aliphatic carbocycles. The molecule has 2 rings (SSSR count). The average molecular weight is 219 g/mol. The second-order valence-corrected chi connectivity index (χ2v) is 2.78. The Morgan fingerprint density at radius 3 is 2.67 bits per heavy atom. The fourth-order valence-electron chi connectivity index (χ4n) is 1.14. The molecule has 0 amide bonds. The van der Waals surface area contributed by atoms with Crippen LogP contribution in [0.4, 0.5) is 13.2 Å². The first kappa shape index (κ1) is 9.96. The number of hydrogen-bond acceptors (Lipinski definition) is 5. The minimum atomic E-state index is -4.60. The van der Waals surface area contributed by atoms with E-state index >= 15 is 0 Å². The predicted molar refractivity (Wildman–Crippen MR) is 46.1 cm³/mol. The zero-order valence-corrected chi connectivity index (χ0v) is 7.23. The number of nitrogens with one attached hydrogen (secondary N) is 1. The first-order valence-electron chi connectivity index (χ1n) is 3.82. The monoisotopic (exact) mass is 219 g/mol. The van der Waals surface area contributed by atoms with Crippen LogP contribution in [0.25, 0.3) is 0 Å². The van der Waals surface area contributed by atoms with Gasteiger partial charge in [-0.1, -0.05) is 5.53 Å². The number of amidine groups is 2. The van der Waals surface area contributed by atoms with Crippen molar-refractivity contribution >= 4 is 17.9 Å². The number of alkyl halides is 3. The van der Waals surface area contributed by atoms with Gasteiger partial charge in [-0.25, -0.2) is 5.84 Å². The highest BCUT2D eigenvalue weighted by Gasteiger charge is 2.49. The van der Waals surface area contributed by atoms with Gasteiger partial charge in [0.05, 0.1) is 6.20 Å². The smallest absolute Gasteiger partial charge is 0.251 e. The van der Waals surface area contributed by atoms with E-state index in [0.29, 0.717) is 0 Å². The number of hydrazine groups is 1. The first-order chi connectivity index (χ1) is 6.98. The van der Waals surface area contributed by atoms with E-state index < -0.39 is 16.7 Å². The Morgan fingerprint density at radius 2 is 2.13 bits per heavy atom. The van der Waals surface area contributed by atoms with E-state index in [1.54, 1.807) is 0 Å². The Morgan fingerprint density at radius 1 is 1.40 bits per heavy atom. The summed E-state index contributed by atoms with van der Waals surface area (Å²) >= 11 is 0. The van der Waals surface area contributed by atoms with Crippen LogP contribution < -0.4 is 11.4 Å². The van der Waals surface area contributed by atoms with Gasteiger partial charge in [0.1, 0.15) is 6.21 Å². The zero-order valence-electron chi connectivity index (χ0n) is 7.23. The van der Waals surface area contributed by atoms with Crippen molar-refractivity contribution in [3.63, 3.8) is 0 Å². The number of nitrogens with zero attached hydrogens (tertiary/aromatic N) is 4.